The van der Waals surface area contributed by atoms with Crippen LogP contribution in [0.3, 0.4) is 0 Å². The number of hydrogen-bond acceptors (Lipinski definition) is 5. The summed E-state index contributed by atoms with van der Waals surface area (Å²) in [5.41, 5.74) is 3.48. The summed E-state index contributed by atoms with van der Waals surface area (Å²) in [5, 5.41) is 9.41. The maximum absolute atomic E-state index is 12.9. The summed E-state index contributed by atoms with van der Waals surface area (Å²) in [6, 6.07) is 20.7. The second-order valence-corrected chi connectivity index (χ2v) is 10.2. The van der Waals surface area contributed by atoms with Gasteiger partial charge in [-0.2, -0.15) is 0 Å². The van der Waals surface area contributed by atoms with Gasteiger partial charge in [-0.15, -0.1) is 11.3 Å². The average Bonchev–Trinajstić information content (AvgIpc) is 3.22. The highest BCUT2D eigenvalue weighted by atomic mass is 32.1. The molecule has 0 spiro atoms. The van der Waals surface area contributed by atoms with Gasteiger partial charge in [-0.1, -0.05) is 55.5 Å². The predicted octanol–water partition coefficient (Wildman–Crippen LogP) is 6.10. The quantitative estimate of drug-likeness (QED) is 0.282. The van der Waals surface area contributed by atoms with Crippen molar-refractivity contribution in [3.05, 3.63) is 93.9 Å². The molecule has 0 fully saturated rings. The van der Waals surface area contributed by atoms with E-state index in [1.54, 1.807) is 29.5 Å². The van der Waals surface area contributed by atoms with Crippen LogP contribution in [0.4, 0.5) is 5.00 Å². The number of fused-ring (bicyclic) bond motifs is 4. The van der Waals surface area contributed by atoms with Crippen molar-refractivity contribution < 1.29 is 14.3 Å². The summed E-state index contributed by atoms with van der Waals surface area (Å²) in [7, 11) is 0. The Morgan fingerprint density at radius 1 is 1.00 bits per heavy atom. The third-order valence-corrected chi connectivity index (χ3v) is 7.91. The number of esters is 1. The lowest BCUT2D eigenvalue weighted by atomic mass is 9.88. The van der Waals surface area contributed by atoms with Crippen LogP contribution in [0.15, 0.2) is 66.7 Å². The van der Waals surface area contributed by atoms with Crippen molar-refractivity contribution in [2.75, 3.05) is 5.32 Å². The molecule has 2 N–H and O–H groups in total. The van der Waals surface area contributed by atoms with E-state index >= 15 is 0 Å². The number of carbonyl (C=O) groups excluding carboxylic acids is 2. The molecule has 34 heavy (non-hydrogen) atoms. The van der Waals surface area contributed by atoms with Gasteiger partial charge in [-0.25, -0.2) is 4.79 Å². The average molecular weight is 469 g/mol. The molecule has 0 bridgehead atoms. The number of benzene rings is 3. The normalized spacial score (nSPS) is 19.0. The minimum absolute atomic E-state index is 0.0164. The molecule has 2 aliphatic rings. The Morgan fingerprint density at radius 3 is 2.65 bits per heavy atom. The second-order valence-electron chi connectivity index (χ2n) is 9.09. The van der Waals surface area contributed by atoms with Crippen molar-refractivity contribution in [1.82, 2.24) is 5.32 Å². The molecule has 0 saturated heterocycles. The van der Waals surface area contributed by atoms with Crippen LogP contribution in [-0.4, -0.2) is 11.9 Å². The van der Waals surface area contributed by atoms with Crippen molar-refractivity contribution >= 4 is 39.0 Å². The summed E-state index contributed by atoms with van der Waals surface area (Å²) in [6.07, 6.45) is 2.83. The first kappa shape index (κ1) is 20.9. The second kappa shape index (κ2) is 8.29. The number of nitrogens with one attached hydrogen (secondary N) is 2. The number of anilines is 1. The predicted molar refractivity (Wildman–Crippen MR) is 135 cm³/mol. The number of amides is 1. The minimum Gasteiger partial charge on any atom is -0.423 e. The fourth-order valence-electron chi connectivity index (χ4n) is 4.92. The summed E-state index contributed by atoms with van der Waals surface area (Å²) in [6.45, 7) is 2.27. The maximum Gasteiger partial charge on any atom is 0.344 e. The van der Waals surface area contributed by atoms with Crippen LogP contribution >= 0.6 is 11.3 Å². The van der Waals surface area contributed by atoms with Gasteiger partial charge < -0.3 is 15.4 Å². The third kappa shape index (κ3) is 3.64. The fourth-order valence-corrected chi connectivity index (χ4v) is 6.36. The molecular weight excluding hydrogens is 444 g/mol. The van der Waals surface area contributed by atoms with Crippen LogP contribution in [0, 0.1) is 5.92 Å². The van der Waals surface area contributed by atoms with Crippen molar-refractivity contribution in [3.8, 4) is 5.75 Å². The smallest absolute Gasteiger partial charge is 0.344 e. The van der Waals surface area contributed by atoms with Gasteiger partial charge in [0.05, 0.1) is 11.1 Å². The minimum atomic E-state index is -0.392. The molecule has 2 atom stereocenters. The Bertz CT molecular complexity index is 1420. The maximum atomic E-state index is 12.9. The van der Waals surface area contributed by atoms with Crippen LogP contribution in [0.2, 0.25) is 0 Å². The highest BCUT2D eigenvalue weighted by Gasteiger charge is 2.33. The summed E-state index contributed by atoms with van der Waals surface area (Å²) >= 11 is 1.71. The summed E-state index contributed by atoms with van der Waals surface area (Å²) in [5.74, 6) is 0.717. The molecule has 1 aromatic heterocycles. The highest BCUT2D eigenvalue weighted by Crippen LogP contribution is 2.42. The Balaban J connectivity index is 1.20. The number of hydrogen-bond donors (Lipinski definition) is 2. The van der Waals surface area contributed by atoms with Gasteiger partial charge in [-0.3, -0.25) is 4.79 Å². The Kier molecular flexibility index (Phi) is 5.11. The first-order valence-electron chi connectivity index (χ1n) is 11.6. The summed E-state index contributed by atoms with van der Waals surface area (Å²) in [4.78, 5) is 27.1. The van der Waals surface area contributed by atoms with E-state index in [2.05, 4.69) is 17.6 Å². The molecule has 2 heterocycles. The van der Waals surface area contributed by atoms with Gasteiger partial charge in [0.25, 0.3) is 5.91 Å². The van der Waals surface area contributed by atoms with E-state index in [0.29, 0.717) is 17.2 Å². The molecule has 5 nitrogen and oxygen atoms in total. The molecule has 3 aromatic carbocycles. The molecule has 1 aliphatic carbocycles. The Hall–Kier alpha value is -3.64. The van der Waals surface area contributed by atoms with E-state index < -0.39 is 5.97 Å². The lowest BCUT2D eigenvalue weighted by Gasteiger charge is -2.27. The van der Waals surface area contributed by atoms with Crippen LogP contribution < -0.4 is 15.4 Å². The van der Waals surface area contributed by atoms with Gasteiger partial charge in [0.15, 0.2) is 0 Å². The van der Waals surface area contributed by atoms with Gasteiger partial charge in [0.2, 0.25) is 0 Å². The lowest BCUT2D eigenvalue weighted by molar-refractivity contribution is 0.0736. The lowest BCUT2D eigenvalue weighted by Crippen LogP contribution is -2.38. The molecule has 6 rings (SSSR count). The zero-order valence-corrected chi connectivity index (χ0v) is 19.6. The van der Waals surface area contributed by atoms with Gasteiger partial charge >= 0.3 is 5.97 Å². The first-order valence-corrected chi connectivity index (χ1v) is 12.4. The largest absolute Gasteiger partial charge is 0.423 e. The van der Waals surface area contributed by atoms with Crippen molar-refractivity contribution in [3.63, 3.8) is 0 Å². The number of rotatable bonds is 3. The zero-order valence-electron chi connectivity index (χ0n) is 18.8. The number of thiophene rings is 1. The monoisotopic (exact) mass is 468 g/mol. The van der Waals surface area contributed by atoms with E-state index in [4.69, 9.17) is 4.74 Å². The van der Waals surface area contributed by atoms with E-state index in [9.17, 15) is 9.59 Å². The SMILES string of the molecule is C[C@H]1CCc2c(sc3c2C(=O)N[C@@H](c2ccc(OC(=O)c4cccc5ccccc45)cc2)N3)C1. The molecule has 170 valence electrons. The van der Waals surface area contributed by atoms with E-state index in [1.807, 2.05) is 48.5 Å². The van der Waals surface area contributed by atoms with Gasteiger partial charge in [0.1, 0.15) is 16.9 Å². The molecule has 0 unspecified atom stereocenters. The molecule has 0 radical (unpaired) electrons. The first-order chi connectivity index (χ1) is 16.6. The van der Waals surface area contributed by atoms with Crippen molar-refractivity contribution in [2.45, 2.75) is 32.4 Å². The molecule has 1 aliphatic heterocycles. The molecule has 0 saturated carbocycles. The Morgan fingerprint density at radius 2 is 1.79 bits per heavy atom. The molecular formula is C28H24N2O3S. The van der Waals surface area contributed by atoms with Gasteiger partial charge in [0, 0.05) is 4.88 Å². The van der Waals surface area contributed by atoms with E-state index in [-0.39, 0.29) is 12.1 Å². The topological polar surface area (TPSA) is 67.4 Å². The number of ether oxygens (including phenoxy) is 1. The van der Waals surface area contributed by atoms with Crippen molar-refractivity contribution in [1.29, 1.82) is 0 Å². The Labute approximate surface area is 201 Å². The van der Waals surface area contributed by atoms with Gasteiger partial charge in [-0.05, 0) is 65.3 Å². The zero-order chi connectivity index (χ0) is 23.2. The van der Waals surface area contributed by atoms with Crippen LogP contribution in [0.25, 0.3) is 10.8 Å². The third-order valence-electron chi connectivity index (χ3n) is 6.72. The fraction of sp³-hybridized carbons (Fsp3) is 0.214. The number of carbonyl (C=O) groups is 2. The molecule has 6 heteroatoms. The van der Waals surface area contributed by atoms with Crippen LogP contribution in [0.5, 0.6) is 5.75 Å². The van der Waals surface area contributed by atoms with Crippen LogP contribution in [-0.2, 0) is 12.8 Å². The summed E-state index contributed by atoms with van der Waals surface area (Å²) < 4.78 is 5.65. The van der Waals surface area contributed by atoms with Crippen LogP contribution in [0.1, 0.15) is 56.2 Å². The van der Waals surface area contributed by atoms with E-state index in [0.717, 1.165) is 46.2 Å². The molecule has 1 amide bonds. The van der Waals surface area contributed by atoms with E-state index in [1.165, 1.54) is 10.4 Å². The molecule has 4 aromatic rings. The van der Waals surface area contributed by atoms with Crippen molar-refractivity contribution in [2.24, 2.45) is 5.92 Å². The standard InChI is InChI=1S/C28H24N2O3S/c1-16-9-14-22-23(15-16)34-27-24(22)26(31)29-25(30-27)18-10-12-19(13-11-18)33-28(32)21-8-4-6-17-5-2-3-7-20(17)21/h2-8,10-13,16,25,30H,9,14-15H2,1H3,(H,29,31)/t16-,25+/m0/s1. The highest BCUT2D eigenvalue weighted by molar-refractivity contribution is 7.16.